The normalized spacial score (nSPS) is 10.9. The molecule has 1 N–H and O–H groups in total. The van der Waals surface area contributed by atoms with E-state index in [0.29, 0.717) is 10.7 Å². The zero-order valence-corrected chi connectivity index (χ0v) is 11.0. The number of carbonyl (C=O) groups is 1. The zero-order valence-electron chi connectivity index (χ0n) is 9.38. The average molecular weight is 276 g/mol. The Bertz CT molecular complexity index is 745. The maximum atomic E-state index is 11.1. The van der Waals surface area contributed by atoms with Crippen molar-refractivity contribution in [2.75, 3.05) is 0 Å². The molecule has 0 saturated carbocycles. The van der Waals surface area contributed by atoms with Gasteiger partial charge in [-0.2, -0.15) is 0 Å². The van der Waals surface area contributed by atoms with E-state index in [2.05, 4.69) is 9.97 Å². The summed E-state index contributed by atoms with van der Waals surface area (Å²) < 4.78 is 1.04. The van der Waals surface area contributed by atoms with Gasteiger partial charge in [0.2, 0.25) is 0 Å². The SMILES string of the molecule is Cc1ccc2sc(-c3ncsc3C(=O)O)nc2c1. The van der Waals surface area contributed by atoms with Gasteiger partial charge in [-0.1, -0.05) is 6.07 Å². The summed E-state index contributed by atoms with van der Waals surface area (Å²) in [6, 6.07) is 6.00. The van der Waals surface area contributed by atoms with Crippen molar-refractivity contribution in [3.05, 3.63) is 34.2 Å². The highest BCUT2D eigenvalue weighted by atomic mass is 32.1. The Balaban J connectivity index is 2.19. The van der Waals surface area contributed by atoms with Crippen molar-refractivity contribution < 1.29 is 9.90 Å². The lowest BCUT2D eigenvalue weighted by molar-refractivity contribution is 0.0702. The average Bonchev–Trinajstić information content (AvgIpc) is 2.93. The summed E-state index contributed by atoms with van der Waals surface area (Å²) in [5.41, 5.74) is 4.03. The molecule has 6 heteroatoms. The van der Waals surface area contributed by atoms with Crippen molar-refractivity contribution in [1.29, 1.82) is 0 Å². The van der Waals surface area contributed by atoms with E-state index in [0.717, 1.165) is 27.1 Å². The quantitative estimate of drug-likeness (QED) is 0.779. The monoisotopic (exact) mass is 276 g/mol. The van der Waals surface area contributed by atoms with Crippen molar-refractivity contribution in [3.8, 4) is 10.7 Å². The molecule has 0 aliphatic rings. The summed E-state index contributed by atoms with van der Waals surface area (Å²) in [5, 5.41) is 9.74. The summed E-state index contributed by atoms with van der Waals surface area (Å²) in [6.45, 7) is 2.00. The summed E-state index contributed by atoms with van der Waals surface area (Å²) in [4.78, 5) is 19.9. The van der Waals surface area contributed by atoms with Gasteiger partial charge < -0.3 is 5.11 Å². The van der Waals surface area contributed by atoms with E-state index in [-0.39, 0.29) is 4.88 Å². The van der Waals surface area contributed by atoms with Gasteiger partial charge in [0, 0.05) is 0 Å². The smallest absolute Gasteiger partial charge is 0.348 e. The van der Waals surface area contributed by atoms with Gasteiger partial charge in [-0.25, -0.2) is 14.8 Å². The van der Waals surface area contributed by atoms with Crippen LogP contribution in [0.15, 0.2) is 23.7 Å². The Morgan fingerprint density at radius 1 is 1.39 bits per heavy atom. The van der Waals surface area contributed by atoms with Crippen molar-refractivity contribution in [2.24, 2.45) is 0 Å². The molecule has 4 nitrogen and oxygen atoms in total. The van der Waals surface area contributed by atoms with Crippen molar-refractivity contribution in [3.63, 3.8) is 0 Å². The number of hydrogen-bond acceptors (Lipinski definition) is 5. The molecule has 0 radical (unpaired) electrons. The molecule has 0 aliphatic carbocycles. The standard InChI is InChI=1S/C12H8N2O2S2/c1-6-2-3-8-7(4-6)14-11(18-8)9-10(12(15)16)17-5-13-9/h2-5H,1H3,(H,15,16). The van der Waals surface area contributed by atoms with Crippen molar-refractivity contribution in [1.82, 2.24) is 9.97 Å². The maximum absolute atomic E-state index is 11.1. The maximum Gasteiger partial charge on any atom is 0.348 e. The highest BCUT2D eigenvalue weighted by Crippen LogP contribution is 2.33. The third-order valence-electron chi connectivity index (χ3n) is 2.51. The van der Waals surface area contributed by atoms with Crippen LogP contribution in [0.4, 0.5) is 0 Å². The molecule has 18 heavy (non-hydrogen) atoms. The lowest BCUT2D eigenvalue weighted by Crippen LogP contribution is -1.94. The van der Waals surface area contributed by atoms with Crippen LogP contribution in [0.25, 0.3) is 20.9 Å². The molecule has 3 aromatic rings. The molecule has 0 spiro atoms. The molecule has 0 bridgehead atoms. The molecule has 0 saturated heterocycles. The molecule has 0 unspecified atom stereocenters. The number of aryl methyl sites for hydroxylation is 1. The van der Waals surface area contributed by atoms with Crippen LogP contribution >= 0.6 is 22.7 Å². The predicted molar refractivity (Wildman–Crippen MR) is 72.4 cm³/mol. The highest BCUT2D eigenvalue weighted by molar-refractivity contribution is 7.22. The molecule has 0 amide bonds. The molecule has 0 aliphatic heterocycles. The third kappa shape index (κ3) is 1.79. The third-order valence-corrected chi connectivity index (χ3v) is 4.36. The Hall–Kier alpha value is -1.79. The number of rotatable bonds is 2. The number of fused-ring (bicyclic) bond motifs is 1. The molecular weight excluding hydrogens is 268 g/mol. The minimum atomic E-state index is -0.956. The van der Waals surface area contributed by atoms with Crippen molar-refractivity contribution >= 4 is 38.9 Å². The lowest BCUT2D eigenvalue weighted by atomic mass is 10.2. The molecule has 3 rings (SSSR count). The van der Waals surface area contributed by atoms with E-state index in [1.807, 2.05) is 25.1 Å². The second kappa shape index (κ2) is 4.15. The van der Waals surface area contributed by atoms with Gasteiger partial charge in [-0.3, -0.25) is 0 Å². The largest absolute Gasteiger partial charge is 0.477 e. The number of carboxylic acid groups (broad SMARTS) is 1. The number of benzene rings is 1. The molecule has 0 atom stereocenters. The van der Waals surface area contributed by atoms with Crippen LogP contribution in [-0.4, -0.2) is 21.0 Å². The fourth-order valence-corrected chi connectivity index (χ4v) is 3.33. The zero-order chi connectivity index (χ0) is 12.7. The summed E-state index contributed by atoms with van der Waals surface area (Å²) in [7, 11) is 0. The number of carboxylic acids is 1. The van der Waals surface area contributed by atoms with E-state index in [1.54, 1.807) is 0 Å². The Kier molecular flexibility index (Phi) is 2.61. The number of aromatic nitrogens is 2. The van der Waals surface area contributed by atoms with Gasteiger partial charge in [-0.05, 0) is 24.6 Å². The number of hydrogen-bond donors (Lipinski definition) is 1. The molecule has 0 fully saturated rings. The summed E-state index contributed by atoms with van der Waals surface area (Å²) in [5.74, 6) is -0.956. The minimum Gasteiger partial charge on any atom is -0.477 e. The summed E-state index contributed by atoms with van der Waals surface area (Å²) in [6.07, 6.45) is 0. The number of thiazole rings is 2. The van der Waals surface area contributed by atoms with E-state index in [9.17, 15) is 4.79 Å². The van der Waals surface area contributed by atoms with Crippen LogP contribution in [0.2, 0.25) is 0 Å². The topological polar surface area (TPSA) is 63.1 Å². The molecule has 90 valence electrons. The first-order valence-corrected chi connectivity index (χ1v) is 6.89. The first-order chi connectivity index (χ1) is 8.65. The molecule has 2 heterocycles. The van der Waals surface area contributed by atoms with Crippen LogP contribution in [-0.2, 0) is 0 Å². The Morgan fingerprint density at radius 3 is 3.00 bits per heavy atom. The fourth-order valence-electron chi connectivity index (χ4n) is 1.69. The van der Waals surface area contributed by atoms with Gasteiger partial charge in [0.05, 0.1) is 15.7 Å². The highest BCUT2D eigenvalue weighted by Gasteiger charge is 2.18. The Labute approximate surface area is 111 Å². The summed E-state index contributed by atoms with van der Waals surface area (Å²) >= 11 is 2.59. The van der Waals surface area contributed by atoms with Crippen LogP contribution in [0.5, 0.6) is 0 Å². The van der Waals surface area contributed by atoms with Gasteiger partial charge in [0.25, 0.3) is 0 Å². The second-order valence-electron chi connectivity index (χ2n) is 3.83. The predicted octanol–water partition coefficient (Wildman–Crippen LogP) is 3.43. The second-order valence-corrected chi connectivity index (χ2v) is 5.71. The van der Waals surface area contributed by atoms with Crippen LogP contribution in [0.1, 0.15) is 15.2 Å². The first-order valence-electron chi connectivity index (χ1n) is 5.19. The molecular formula is C12H8N2O2S2. The van der Waals surface area contributed by atoms with Gasteiger partial charge in [0.1, 0.15) is 15.6 Å². The fraction of sp³-hybridized carbons (Fsp3) is 0.0833. The number of nitrogens with zero attached hydrogens (tertiary/aromatic N) is 2. The molecule has 1 aromatic carbocycles. The van der Waals surface area contributed by atoms with E-state index >= 15 is 0 Å². The van der Waals surface area contributed by atoms with E-state index in [4.69, 9.17) is 5.11 Å². The van der Waals surface area contributed by atoms with Gasteiger partial charge >= 0.3 is 5.97 Å². The van der Waals surface area contributed by atoms with Crippen LogP contribution in [0.3, 0.4) is 0 Å². The Morgan fingerprint density at radius 2 is 2.22 bits per heavy atom. The van der Waals surface area contributed by atoms with Crippen LogP contribution < -0.4 is 0 Å². The molecule has 2 aromatic heterocycles. The van der Waals surface area contributed by atoms with Crippen molar-refractivity contribution in [2.45, 2.75) is 6.92 Å². The van der Waals surface area contributed by atoms with Gasteiger partial charge in [0.15, 0.2) is 0 Å². The van der Waals surface area contributed by atoms with E-state index in [1.165, 1.54) is 16.8 Å². The lowest BCUT2D eigenvalue weighted by Gasteiger charge is -1.91. The number of aromatic carboxylic acids is 1. The first kappa shape index (κ1) is 11.3. The minimum absolute atomic E-state index is 0.241. The van der Waals surface area contributed by atoms with Crippen LogP contribution in [0, 0.1) is 6.92 Å². The van der Waals surface area contributed by atoms with Gasteiger partial charge in [-0.15, -0.1) is 22.7 Å². The van der Waals surface area contributed by atoms with E-state index < -0.39 is 5.97 Å².